The van der Waals surface area contributed by atoms with E-state index in [1.54, 1.807) is 6.07 Å². The first-order chi connectivity index (χ1) is 14.8. The molecule has 2 saturated heterocycles. The van der Waals surface area contributed by atoms with Gasteiger partial charge in [0.2, 0.25) is 5.91 Å². The van der Waals surface area contributed by atoms with Crippen molar-refractivity contribution in [1.82, 2.24) is 9.80 Å². The molecule has 166 valence electrons. The highest BCUT2D eigenvalue weighted by Crippen LogP contribution is 2.35. The van der Waals surface area contributed by atoms with Gasteiger partial charge < -0.3 is 5.32 Å². The molecule has 0 spiro atoms. The number of nitrogens with zero attached hydrogens (tertiary/aromatic N) is 2. The molecule has 0 radical (unpaired) electrons. The van der Waals surface area contributed by atoms with Gasteiger partial charge in [-0.3, -0.25) is 14.6 Å². The Bertz CT molecular complexity index is 938. The predicted molar refractivity (Wildman–Crippen MR) is 123 cm³/mol. The van der Waals surface area contributed by atoms with Gasteiger partial charge in [0.1, 0.15) is 0 Å². The van der Waals surface area contributed by atoms with Gasteiger partial charge in [0, 0.05) is 34.9 Å². The molecule has 0 atom stereocenters. The normalized spacial score (nSPS) is 18.2. The number of rotatable bonds is 6. The average Bonchev–Trinajstić information content (AvgIpc) is 3.18. The first-order valence-electron chi connectivity index (χ1n) is 10.5. The number of hydrogen-bond acceptors (Lipinski definition) is 3. The van der Waals surface area contributed by atoms with Crippen LogP contribution in [0, 0.1) is 3.57 Å². The van der Waals surface area contributed by atoms with E-state index in [1.165, 1.54) is 18.9 Å². The summed E-state index contributed by atoms with van der Waals surface area (Å²) < 4.78 is 42.1. The van der Waals surface area contributed by atoms with Gasteiger partial charge in [0.25, 0.3) is 0 Å². The summed E-state index contributed by atoms with van der Waals surface area (Å²) in [6.45, 7) is 4.10. The van der Waals surface area contributed by atoms with E-state index in [9.17, 15) is 18.0 Å². The van der Waals surface area contributed by atoms with Crippen LogP contribution in [-0.4, -0.2) is 47.9 Å². The third kappa shape index (κ3) is 5.78. The lowest BCUT2D eigenvalue weighted by Gasteiger charge is -2.44. The van der Waals surface area contributed by atoms with Gasteiger partial charge in [0.15, 0.2) is 0 Å². The molecule has 2 aromatic carbocycles. The highest BCUT2D eigenvalue weighted by molar-refractivity contribution is 14.1. The maximum Gasteiger partial charge on any atom is 0.416 e. The van der Waals surface area contributed by atoms with Crippen molar-refractivity contribution in [2.75, 3.05) is 31.5 Å². The first-order valence-corrected chi connectivity index (χ1v) is 11.6. The molecule has 4 nitrogen and oxygen atoms in total. The Morgan fingerprint density at radius 3 is 2.52 bits per heavy atom. The zero-order chi connectivity index (χ0) is 22.0. The van der Waals surface area contributed by atoms with Gasteiger partial charge in [-0.2, -0.15) is 13.2 Å². The Labute approximate surface area is 193 Å². The van der Waals surface area contributed by atoms with Gasteiger partial charge >= 0.3 is 6.18 Å². The van der Waals surface area contributed by atoms with Crippen LogP contribution in [0.3, 0.4) is 0 Å². The van der Waals surface area contributed by atoms with Crippen molar-refractivity contribution < 1.29 is 18.0 Å². The molecule has 1 amide bonds. The largest absolute Gasteiger partial charge is 0.416 e. The van der Waals surface area contributed by atoms with Crippen LogP contribution in [0.4, 0.5) is 18.9 Å². The van der Waals surface area contributed by atoms with Crippen molar-refractivity contribution in [3.05, 3.63) is 62.7 Å². The van der Waals surface area contributed by atoms with Gasteiger partial charge in [0.05, 0.1) is 12.0 Å². The summed E-state index contributed by atoms with van der Waals surface area (Å²) in [5.74, 6) is -0.334. The quantitative estimate of drug-likeness (QED) is 0.534. The van der Waals surface area contributed by atoms with E-state index in [-0.39, 0.29) is 30.1 Å². The second kappa shape index (κ2) is 9.46. The van der Waals surface area contributed by atoms with Crippen LogP contribution in [0.5, 0.6) is 0 Å². The summed E-state index contributed by atoms with van der Waals surface area (Å²) in [5, 5.41) is 2.61. The topological polar surface area (TPSA) is 35.6 Å². The fourth-order valence-corrected chi connectivity index (χ4v) is 4.95. The molecule has 0 aromatic heterocycles. The van der Waals surface area contributed by atoms with Crippen LogP contribution >= 0.6 is 22.6 Å². The second-order valence-electron chi connectivity index (χ2n) is 8.32. The van der Waals surface area contributed by atoms with Crippen LogP contribution in [0.2, 0.25) is 0 Å². The average molecular weight is 543 g/mol. The molecule has 8 heteroatoms. The fraction of sp³-hybridized carbons (Fsp3) is 0.435. The SMILES string of the molecule is O=C(Cc1cccc(I)c1)Nc1ccc(CN2CC(N3CCCC3)C2)c(C(F)(F)F)c1. The second-order valence-corrected chi connectivity index (χ2v) is 9.56. The number of benzene rings is 2. The van der Waals surface area contributed by atoms with Gasteiger partial charge in [-0.15, -0.1) is 0 Å². The van der Waals surface area contributed by atoms with Gasteiger partial charge in [-0.05, 0) is 83.9 Å². The zero-order valence-corrected chi connectivity index (χ0v) is 19.2. The van der Waals surface area contributed by atoms with E-state index in [0.717, 1.165) is 41.4 Å². The molecule has 2 heterocycles. The van der Waals surface area contributed by atoms with E-state index in [4.69, 9.17) is 0 Å². The Balaban J connectivity index is 1.40. The van der Waals surface area contributed by atoms with Gasteiger partial charge in [-0.1, -0.05) is 18.2 Å². The van der Waals surface area contributed by atoms with Gasteiger partial charge in [-0.25, -0.2) is 0 Å². The summed E-state index contributed by atoms with van der Waals surface area (Å²) in [5.41, 5.74) is 0.569. The van der Waals surface area contributed by atoms with Crippen LogP contribution in [-0.2, 0) is 23.9 Å². The highest BCUT2D eigenvalue weighted by atomic mass is 127. The molecule has 0 saturated carbocycles. The number of amides is 1. The molecule has 31 heavy (non-hydrogen) atoms. The number of likely N-dealkylation sites (tertiary alicyclic amines) is 2. The Hall–Kier alpha value is -1.65. The standard InChI is InChI=1S/C23H25F3IN3O/c24-23(25,26)21-12-19(28-22(31)11-16-4-3-5-18(27)10-16)7-6-17(21)13-29-14-20(15-29)30-8-1-2-9-30/h3-7,10,12,20H,1-2,8-9,11,13-15H2,(H,28,31). The smallest absolute Gasteiger partial charge is 0.326 e. The molecular formula is C23H25F3IN3O. The van der Waals surface area contributed by atoms with E-state index in [1.807, 2.05) is 24.3 Å². The Kier molecular flexibility index (Phi) is 6.88. The molecule has 2 aromatic rings. The number of nitrogens with one attached hydrogen (secondary N) is 1. The molecule has 4 rings (SSSR count). The lowest BCUT2D eigenvalue weighted by molar-refractivity contribution is -0.138. The molecule has 2 aliphatic rings. The van der Waals surface area contributed by atoms with Crippen LogP contribution < -0.4 is 5.32 Å². The summed E-state index contributed by atoms with van der Waals surface area (Å²) in [6.07, 6.45) is -1.92. The van der Waals surface area contributed by atoms with Crippen molar-refractivity contribution in [2.24, 2.45) is 0 Å². The molecule has 0 bridgehead atoms. The summed E-state index contributed by atoms with van der Waals surface area (Å²) >= 11 is 2.16. The van der Waals surface area contributed by atoms with E-state index >= 15 is 0 Å². The Morgan fingerprint density at radius 2 is 1.84 bits per heavy atom. The fourth-order valence-electron chi connectivity index (χ4n) is 4.34. The third-order valence-electron chi connectivity index (χ3n) is 5.94. The van der Waals surface area contributed by atoms with Crippen LogP contribution in [0.1, 0.15) is 29.5 Å². The number of hydrogen-bond donors (Lipinski definition) is 1. The molecule has 0 unspecified atom stereocenters. The van der Waals surface area contributed by atoms with Crippen LogP contribution in [0.25, 0.3) is 0 Å². The van der Waals surface area contributed by atoms with E-state index < -0.39 is 11.7 Å². The maximum absolute atomic E-state index is 13.7. The van der Waals surface area contributed by atoms with Crippen molar-refractivity contribution in [3.8, 4) is 0 Å². The molecular weight excluding hydrogens is 518 g/mol. The van der Waals surface area contributed by atoms with E-state index in [2.05, 4.69) is 37.7 Å². The molecule has 2 fully saturated rings. The van der Waals surface area contributed by atoms with E-state index in [0.29, 0.717) is 6.04 Å². The lowest BCUT2D eigenvalue weighted by atomic mass is 10.0. The summed E-state index contributed by atoms with van der Waals surface area (Å²) in [6, 6.07) is 12.1. The van der Waals surface area contributed by atoms with Crippen molar-refractivity contribution >= 4 is 34.2 Å². The zero-order valence-electron chi connectivity index (χ0n) is 17.1. The maximum atomic E-state index is 13.7. The lowest BCUT2D eigenvalue weighted by Crippen LogP contribution is -2.58. The minimum atomic E-state index is -4.47. The first kappa shape index (κ1) is 22.5. The monoisotopic (exact) mass is 543 g/mol. The number of carbonyl (C=O) groups is 1. The minimum Gasteiger partial charge on any atom is -0.326 e. The minimum absolute atomic E-state index is 0.117. The summed E-state index contributed by atoms with van der Waals surface area (Å²) in [4.78, 5) is 16.8. The molecule has 0 aliphatic carbocycles. The van der Waals surface area contributed by atoms with Crippen molar-refractivity contribution in [2.45, 2.75) is 38.0 Å². The highest BCUT2D eigenvalue weighted by Gasteiger charge is 2.37. The van der Waals surface area contributed by atoms with Crippen molar-refractivity contribution in [1.29, 1.82) is 0 Å². The van der Waals surface area contributed by atoms with Crippen molar-refractivity contribution in [3.63, 3.8) is 0 Å². The predicted octanol–water partition coefficient (Wildman–Crippen LogP) is 4.77. The Morgan fingerprint density at radius 1 is 1.10 bits per heavy atom. The number of halogens is 4. The van der Waals surface area contributed by atoms with Crippen LogP contribution in [0.15, 0.2) is 42.5 Å². The third-order valence-corrected chi connectivity index (χ3v) is 6.61. The number of carbonyl (C=O) groups excluding carboxylic acids is 1. The summed E-state index contributed by atoms with van der Waals surface area (Å²) in [7, 11) is 0. The number of alkyl halides is 3. The molecule has 1 N–H and O–H groups in total. The number of anilines is 1. The molecule has 2 aliphatic heterocycles.